The van der Waals surface area contributed by atoms with Crippen LogP contribution in [-0.4, -0.2) is 76.3 Å². The van der Waals surface area contributed by atoms with E-state index in [0.717, 1.165) is 242 Å². The molecule has 0 aliphatic carbocycles. The Labute approximate surface area is 706 Å². The fraction of sp³-hybridized carbons (Fsp3) is 0.302. The van der Waals surface area contributed by atoms with Gasteiger partial charge in [-0.1, -0.05) is 205 Å². The van der Waals surface area contributed by atoms with Crippen molar-refractivity contribution in [3.63, 3.8) is 0 Å². The van der Waals surface area contributed by atoms with Crippen LogP contribution in [0.3, 0.4) is 0 Å². The first-order valence-electron chi connectivity index (χ1n) is 44.4. The van der Waals surface area contributed by atoms with Crippen LogP contribution < -0.4 is 18.9 Å². The number of ether oxygens (including phenoxy) is 4. The molecule has 0 atom stereocenters. The Hall–Kier alpha value is -12.4. The lowest BCUT2D eigenvalue weighted by Gasteiger charge is -2.14. The molecule has 12 aromatic rings. The van der Waals surface area contributed by atoms with Gasteiger partial charge in [0.15, 0.2) is 0 Å². The molecule has 120 heavy (non-hydrogen) atoms. The highest BCUT2D eigenvalue weighted by Gasteiger charge is 2.25. The summed E-state index contributed by atoms with van der Waals surface area (Å²) in [7, 11) is 0. The highest BCUT2D eigenvalue weighted by molar-refractivity contribution is 6.05. The normalized spacial score (nSPS) is 12.1. The number of hydrogen-bond donors (Lipinski definition) is 4. The molecular weight excluding hydrogens is 1480 g/mol. The summed E-state index contributed by atoms with van der Waals surface area (Å²) < 4.78 is 27.3. The van der Waals surface area contributed by atoms with Crippen molar-refractivity contribution in [2.75, 3.05) is 26.4 Å². The number of nitrogens with zero attached hydrogens (tertiary/aromatic N) is 6. The average Bonchev–Trinajstić information content (AvgIpc) is 1.59. The highest BCUT2D eigenvalue weighted by atomic mass is 16.5. The molecule has 16 rings (SSSR count). The number of H-pyrrole nitrogens is 4. The maximum absolute atomic E-state index is 6.83. The van der Waals surface area contributed by atoms with Crippen molar-refractivity contribution in [2.24, 2.45) is 0 Å². The third-order valence-electron chi connectivity index (χ3n) is 23.2. The van der Waals surface area contributed by atoms with Crippen LogP contribution in [0.1, 0.15) is 227 Å². The minimum absolute atomic E-state index is 0.598. The number of fused-ring (bicyclic) bond motifs is 16. The maximum atomic E-state index is 6.83. The zero-order valence-corrected chi connectivity index (χ0v) is 70.2. The lowest BCUT2D eigenvalue weighted by atomic mass is 10.00. The molecule has 8 aromatic heterocycles. The summed E-state index contributed by atoms with van der Waals surface area (Å²) in [5, 5.41) is 0. The van der Waals surface area contributed by atoms with E-state index in [-0.39, 0.29) is 0 Å². The number of rotatable bonds is 39. The minimum Gasteiger partial charge on any atom is -0.493 e. The van der Waals surface area contributed by atoms with Gasteiger partial charge in [-0.3, -0.25) is 9.97 Å². The molecule has 12 heterocycles. The van der Waals surface area contributed by atoms with E-state index in [9.17, 15) is 0 Å². The molecule has 14 heteroatoms. The van der Waals surface area contributed by atoms with Crippen LogP contribution in [0.5, 0.6) is 23.0 Å². The van der Waals surface area contributed by atoms with Crippen LogP contribution in [0.2, 0.25) is 0 Å². The van der Waals surface area contributed by atoms with E-state index in [1.165, 1.54) is 103 Å². The number of unbranched alkanes of at least 4 members (excludes halogenated alkanes) is 20. The molecule has 0 amide bonds. The molecule has 4 aromatic carbocycles. The second-order valence-electron chi connectivity index (χ2n) is 32.2. The lowest BCUT2D eigenvalue weighted by molar-refractivity contribution is 0.289. The molecule has 0 unspecified atom stereocenters. The minimum atomic E-state index is 0.598. The van der Waals surface area contributed by atoms with Crippen LogP contribution in [-0.2, 0) is 0 Å². The van der Waals surface area contributed by atoms with E-state index >= 15 is 0 Å². The van der Waals surface area contributed by atoms with Crippen LogP contribution in [0.15, 0.2) is 195 Å². The van der Waals surface area contributed by atoms with E-state index in [4.69, 9.17) is 38.9 Å². The molecule has 4 aliphatic rings. The third kappa shape index (κ3) is 20.1. The van der Waals surface area contributed by atoms with Crippen LogP contribution in [0.25, 0.3) is 171 Å². The van der Waals surface area contributed by atoms with Crippen LogP contribution in [0.4, 0.5) is 0 Å². The SMILES string of the molecule is CCCCCCCCOc1cc(OCCCCCCCC)cc(-c2c3nc(cc4ccc([nH]4)c(-c4ccc(-c5ccncc5)cc4)c4nc(c(-c5c6nc(c(-c7ccc(-c8ccncc8)cc7)c7ccc(cc8nc(c(-c9cc(OCCCCCCCC)cc(OCCCCCCCC)c9)c9ccc5[nH]9)C=C8)[nH]7)C=C6)c5ccc2[nH]5)C=C4)C=C3)c1. The van der Waals surface area contributed by atoms with Crippen molar-refractivity contribution in [2.45, 2.75) is 182 Å². The van der Waals surface area contributed by atoms with Gasteiger partial charge in [0.1, 0.15) is 23.0 Å². The molecule has 0 saturated carbocycles. The Morgan fingerprint density at radius 2 is 0.475 bits per heavy atom. The van der Waals surface area contributed by atoms with Gasteiger partial charge in [0.2, 0.25) is 0 Å². The second-order valence-corrected chi connectivity index (χ2v) is 32.2. The Kier molecular flexibility index (Phi) is 27.4. The van der Waals surface area contributed by atoms with Gasteiger partial charge in [-0.25, -0.2) is 19.9 Å². The molecular formula is C106H112N10O4. The third-order valence-corrected chi connectivity index (χ3v) is 23.2. The van der Waals surface area contributed by atoms with Crippen molar-refractivity contribution < 1.29 is 18.9 Å². The molecule has 0 spiro atoms. The molecule has 0 fully saturated rings. The van der Waals surface area contributed by atoms with E-state index in [2.05, 4.69) is 252 Å². The van der Waals surface area contributed by atoms with Crippen molar-refractivity contribution in [3.8, 4) is 101 Å². The number of hydrogen-bond acceptors (Lipinski definition) is 10. The van der Waals surface area contributed by atoms with Gasteiger partial charge in [0.25, 0.3) is 0 Å². The molecule has 0 saturated heterocycles. The Bertz CT molecular complexity index is 5560. The Morgan fingerprint density at radius 1 is 0.217 bits per heavy atom. The monoisotopic (exact) mass is 1590 g/mol. The van der Waals surface area contributed by atoms with Crippen molar-refractivity contribution >= 4 is 92.7 Å². The fourth-order valence-electron chi connectivity index (χ4n) is 16.8. The number of pyridine rings is 2. The van der Waals surface area contributed by atoms with Crippen molar-refractivity contribution in [3.05, 3.63) is 240 Å². The summed E-state index contributed by atoms with van der Waals surface area (Å²) in [5.74, 6) is 3.03. The zero-order chi connectivity index (χ0) is 81.6. The first kappa shape index (κ1) is 81.3. The van der Waals surface area contributed by atoms with E-state index in [0.29, 0.717) is 26.4 Å². The first-order valence-corrected chi connectivity index (χ1v) is 44.4. The molecule has 14 nitrogen and oxygen atoms in total. The molecule has 4 N–H and O–H groups in total. The number of nitrogens with one attached hydrogen (secondary N) is 4. The predicted octanol–water partition coefficient (Wildman–Crippen LogP) is 29.0. The number of aromatic amines is 4. The van der Waals surface area contributed by atoms with E-state index < -0.39 is 0 Å². The van der Waals surface area contributed by atoms with Gasteiger partial charge in [-0.15, -0.1) is 0 Å². The average molecular weight is 1590 g/mol. The van der Waals surface area contributed by atoms with Gasteiger partial charge in [0, 0.05) is 114 Å². The molecule has 16 bridgehead atoms. The number of benzene rings is 4. The largest absolute Gasteiger partial charge is 0.493 e. The smallest absolute Gasteiger partial charge is 0.123 e. The summed E-state index contributed by atoms with van der Waals surface area (Å²) in [6.45, 7) is 11.5. The molecule has 610 valence electrons. The maximum Gasteiger partial charge on any atom is 0.123 e. The Morgan fingerprint density at radius 3 is 0.817 bits per heavy atom. The van der Waals surface area contributed by atoms with Crippen molar-refractivity contribution in [1.82, 2.24) is 49.8 Å². The molecule has 4 aliphatic heterocycles. The van der Waals surface area contributed by atoms with Gasteiger partial charge >= 0.3 is 0 Å². The highest BCUT2D eigenvalue weighted by Crippen LogP contribution is 2.44. The van der Waals surface area contributed by atoms with Gasteiger partial charge in [-0.2, -0.15) is 0 Å². The fourth-order valence-corrected chi connectivity index (χ4v) is 16.8. The summed E-state index contributed by atoms with van der Waals surface area (Å²) in [5.41, 5.74) is 26.5. The van der Waals surface area contributed by atoms with Gasteiger partial charge < -0.3 is 38.9 Å². The van der Waals surface area contributed by atoms with Crippen LogP contribution >= 0.6 is 0 Å². The summed E-state index contributed by atoms with van der Waals surface area (Å²) in [4.78, 5) is 47.7. The second kappa shape index (κ2) is 40.4. The first-order chi connectivity index (χ1) is 59.3. The summed E-state index contributed by atoms with van der Waals surface area (Å²) >= 11 is 0. The summed E-state index contributed by atoms with van der Waals surface area (Å²) in [6.07, 6.45) is 52.4. The summed E-state index contributed by atoms with van der Waals surface area (Å²) in [6, 6.07) is 60.2. The standard InChI is InChI=1S/C106H112N10O4/c1-5-9-13-17-21-25-61-117-85-65-79(66-86(71-85)118-62-26-22-18-14-10-6-2)103-91-43-39-83(111-91)69-81-37-41-89(109-81)101(77-33-29-73(30-34-77)75-53-57-107-58-54-75)93-45-49-97(113-93)105(99-51-47-95(103)115-99)106-98-50-46-94(114-98)102(78-35-31-74(32-36-78)76-55-59-108-60-56-76)90-42-38-82(110-90)70-84-40-44-92(112-84)104(96-48-52-100(106)116-96)80-67-87(119-63-27-23-19-15-11-7-3)72-88(68-80)120-64-28-24-20-16-12-8-4/h29-60,65-72,109-110,115-116H,5-28,61-64H2,1-4H3. The van der Waals surface area contributed by atoms with E-state index in [1.54, 1.807) is 0 Å². The lowest BCUT2D eigenvalue weighted by Crippen LogP contribution is -2.01. The zero-order valence-electron chi connectivity index (χ0n) is 70.2. The van der Waals surface area contributed by atoms with Crippen molar-refractivity contribution in [1.29, 1.82) is 0 Å². The molecule has 0 radical (unpaired) electrons. The van der Waals surface area contributed by atoms with Gasteiger partial charge in [-0.05, 0) is 228 Å². The predicted molar refractivity (Wildman–Crippen MR) is 500 cm³/mol. The van der Waals surface area contributed by atoms with Gasteiger partial charge in [0.05, 0.1) is 72.0 Å². The number of aromatic nitrogens is 10. The van der Waals surface area contributed by atoms with Crippen LogP contribution in [0, 0.1) is 0 Å². The van der Waals surface area contributed by atoms with E-state index in [1.807, 2.05) is 49.1 Å². The topological polar surface area (TPSA) is 177 Å². The quantitative estimate of drug-likeness (QED) is 0.0271. The Balaban J connectivity index is 0.965.